The van der Waals surface area contributed by atoms with Crippen LogP contribution in [0, 0.1) is 0 Å². The first-order valence-electron chi connectivity index (χ1n) is 6.78. The molecule has 5 N–H and O–H groups in total. The maximum absolute atomic E-state index is 11.6. The minimum atomic E-state index is -0.840. The minimum Gasteiger partial charge on any atom is -0.445 e. The summed E-state index contributed by atoms with van der Waals surface area (Å²) in [4.78, 5) is 23.2. The van der Waals surface area contributed by atoms with Gasteiger partial charge in [-0.1, -0.05) is 24.3 Å². The van der Waals surface area contributed by atoms with Crippen LogP contribution in [0.5, 0.6) is 0 Å². The number of benzene rings is 1. The Balaban J connectivity index is 1.77. The zero-order chi connectivity index (χ0) is 15.2. The van der Waals surface area contributed by atoms with E-state index in [1.54, 1.807) is 0 Å². The summed E-state index contributed by atoms with van der Waals surface area (Å²) < 4.78 is 5.06. The Hall–Kier alpha value is -2.12. The SMILES string of the molecule is NCc1ccc(COC(=O)NC2CCC(O)NC2=O)cc1. The number of aliphatic hydroxyl groups excluding tert-OH is 1. The molecule has 1 aliphatic heterocycles. The van der Waals surface area contributed by atoms with Crippen molar-refractivity contribution in [1.82, 2.24) is 10.6 Å². The van der Waals surface area contributed by atoms with Gasteiger partial charge in [-0.25, -0.2) is 4.79 Å². The van der Waals surface area contributed by atoms with E-state index >= 15 is 0 Å². The molecule has 7 nitrogen and oxygen atoms in total. The number of ether oxygens (including phenoxy) is 1. The lowest BCUT2D eigenvalue weighted by atomic mass is 10.1. The van der Waals surface area contributed by atoms with Gasteiger partial charge in [-0.2, -0.15) is 0 Å². The van der Waals surface area contributed by atoms with E-state index in [0.29, 0.717) is 19.4 Å². The zero-order valence-corrected chi connectivity index (χ0v) is 11.5. The van der Waals surface area contributed by atoms with Crippen LogP contribution in [0.3, 0.4) is 0 Å². The molecule has 114 valence electrons. The van der Waals surface area contributed by atoms with Crippen molar-refractivity contribution < 1.29 is 19.4 Å². The number of hydrogen-bond acceptors (Lipinski definition) is 5. The van der Waals surface area contributed by atoms with E-state index in [0.717, 1.165) is 11.1 Å². The summed E-state index contributed by atoms with van der Waals surface area (Å²) in [6.45, 7) is 0.581. The highest BCUT2D eigenvalue weighted by Crippen LogP contribution is 2.09. The Kier molecular flexibility index (Phi) is 5.13. The van der Waals surface area contributed by atoms with Crippen LogP contribution in [-0.4, -0.2) is 29.4 Å². The van der Waals surface area contributed by atoms with E-state index in [-0.39, 0.29) is 6.61 Å². The Morgan fingerprint density at radius 2 is 2.00 bits per heavy atom. The molecule has 0 bridgehead atoms. The van der Waals surface area contributed by atoms with Crippen LogP contribution in [0.2, 0.25) is 0 Å². The van der Waals surface area contributed by atoms with E-state index < -0.39 is 24.3 Å². The van der Waals surface area contributed by atoms with Crippen LogP contribution in [0.15, 0.2) is 24.3 Å². The first kappa shape index (κ1) is 15.3. The molecule has 0 spiro atoms. The van der Waals surface area contributed by atoms with Crippen LogP contribution >= 0.6 is 0 Å². The van der Waals surface area contributed by atoms with Crippen LogP contribution in [0.1, 0.15) is 24.0 Å². The quantitative estimate of drug-likeness (QED) is 0.622. The number of amides is 2. The third-order valence-electron chi connectivity index (χ3n) is 3.27. The molecule has 7 heteroatoms. The Morgan fingerprint density at radius 1 is 1.33 bits per heavy atom. The predicted octanol–water partition coefficient (Wildman–Crippen LogP) is -0.0315. The molecule has 0 aliphatic carbocycles. The zero-order valence-electron chi connectivity index (χ0n) is 11.5. The van der Waals surface area contributed by atoms with Crippen molar-refractivity contribution in [2.75, 3.05) is 0 Å². The molecule has 0 radical (unpaired) electrons. The van der Waals surface area contributed by atoms with E-state index in [2.05, 4.69) is 10.6 Å². The summed E-state index contributed by atoms with van der Waals surface area (Å²) in [5, 5.41) is 14.1. The second kappa shape index (κ2) is 7.05. The fraction of sp³-hybridized carbons (Fsp3) is 0.429. The van der Waals surface area contributed by atoms with Gasteiger partial charge in [0.15, 0.2) is 0 Å². The summed E-state index contributed by atoms with van der Waals surface area (Å²) in [5.74, 6) is -0.405. The number of nitrogens with two attached hydrogens (primary N) is 1. The predicted molar refractivity (Wildman–Crippen MR) is 74.8 cm³/mol. The van der Waals surface area contributed by atoms with Crippen molar-refractivity contribution in [1.29, 1.82) is 0 Å². The number of rotatable bonds is 4. The Labute approximate surface area is 122 Å². The number of carbonyl (C=O) groups excluding carboxylic acids is 2. The summed E-state index contributed by atoms with van der Waals surface area (Å²) in [6, 6.07) is 6.73. The summed E-state index contributed by atoms with van der Waals surface area (Å²) in [7, 11) is 0. The van der Waals surface area contributed by atoms with Crippen molar-refractivity contribution in [3.8, 4) is 0 Å². The smallest absolute Gasteiger partial charge is 0.408 e. The topological polar surface area (TPSA) is 114 Å². The van der Waals surface area contributed by atoms with Gasteiger partial charge in [0.2, 0.25) is 5.91 Å². The van der Waals surface area contributed by atoms with Crippen molar-refractivity contribution in [3.05, 3.63) is 35.4 Å². The molecule has 0 aromatic heterocycles. The van der Waals surface area contributed by atoms with Crippen LogP contribution in [-0.2, 0) is 22.7 Å². The van der Waals surface area contributed by atoms with E-state index in [1.807, 2.05) is 24.3 Å². The molecular formula is C14H19N3O4. The number of nitrogens with one attached hydrogen (secondary N) is 2. The van der Waals surface area contributed by atoms with E-state index in [4.69, 9.17) is 10.5 Å². The maximum Gasteiger partial charge on any atom is 0.408 e. The van der Waals surface area contributed by atoms with Gasteiger partial charge >= 0.3 is 6.09 Å². The Morgan fingerprint density at radius 3 is 2.62 bits per heavy atom. The van der Waals surface area contributed by atoms with Gasteiger partial charge in [-0.15, -0.1) is 0 Å². The normalized spacial score (nSPS) is 21.5. The van der Waals surface area contributed by atoms with Gasteiger partial charge in [0.25, 0.3) is 0 Å². The molecule has 1 saturated heterocycles. The number of piperidine rings is 1. The molecular weight excluding hydrogens is 274 g/mol. The number of aliphatic hydroxyl groups is 1. The fourth-order valence-corrected chi connectivity index (χ4v) is 2.03. The van der Waals surface area contributed by atoms with Crippen molar-refractivity contribution in [3.63, 3.8) is 0 Å². The van der Waals surface area contributed by atoms with Gasteiger partial charge in [-0.3, -0.25) is 4.79 Å². The van der Waals surface area contributed by atoms with E-state index in [1.165, 1.54) is 0 Å². The van der Waals surface area contributed by atoms with Gasteiger partial charge in [0, 0.05) is 6.54 Å². The van der Waals surface area contributed by atoms with E-state index in [9.17, 15) is 14.7 Å². The van der Waals surface area contributed by atoms with Crippen molar-refractivity contribution in [2.24, 2.45) is 5.73 Å². The lowest BCUT2D eigenvalue weighted by molar-refractivity contribution is -0.129. The van der Waals surface area contributed by atoms with Crippen LogP contribution < -0.4 is 16.4 Å². The maximum atomic E-state index is 11.6. The second-order valence-electron chi connectivity index (χ2n) is 4.90. The van der Waals surface area contributed by atoms with Crippen LogP contribution in [0.25, 0.3) is 0 Å². The van der Waals surface area contributed by atoms with Gasteiger partial charge in [0.1, 0.15) is 18.9 Å². The number of alkyl carbamates (subject to hydrolysis) is 1. The summed E-state index contributed by atoms with van der Waals surface area (Å²) >= 11 is 0. The average molecular weight is 293 g/mol. The number of hydrogen-bond donors (Lipinski definition) is 4. The molecule has 1 aliphatic rings. The molecule has 2 rings (SSSR count). The van der Waals surface area contributed by atoms with Crippen molar-refractivity contribution >= 4 is 12.0 Å². The first-order valence-corrected chi connectivity index (χ1v) is 6.78. The summed E-state index contributed by atoms with van der Waals surface area (Å²) in [6.07, 6.45) is -0.716. The molecule has 1 aromatic rings. The highest BCUT2D eigenvalue weighted by atomic mass is 16.5. The van der Waals surface area contributed by atoms with Crippen molar-refractivity contribution in [2.45, 2.75) is 38.3 Å². The average Bonchev–Trinajstić information content (AvgIpc) is 2.48. The fourth-order valence-electron chi connectivity index (χ4n) is 2.03. The standard InChI is InChI=1S/C14H19N3O4/c15-7-9-1-3-10(4-2-9)8-21-14(20)16-11-5-6-12(18)17-13(11)19/h1-4,11-12,18H,5-8,15H2,(H,16,20)(H,17,19). The molecule has 0 saturated carbocycles. The lowest BCUT2D eigenvalue weighted by Gasteiger charge is -2.26. The molecule has 2 unspecified atom stereocenters. The van der Waals surface area contributed by atoms with Gasteiger partial charge < -0.3 is 26.2 Å². The second-order valence-corrected chi connectivity index (χ2v) is 4.90. The molecule has 1 fully saturated rings. The molecule has 1 heterocycles. The summed E-state index contributed by atoms with van der Waals surface area (Å²) in [5.41, 5.74) is 7.34. The minimum absolute atomic E-state index is 0.119. The third-order valence-corrected chi connectivity index (χ3v) is 3.27. The van der Waals surface area contributed by atoms with Gasteiger partial charge in [-0.05, 0) is 24.0 Å². The molecule has 2 amide bonds. The monoisotopic (exact) mass is 293 g/mol. The highest BCUT2D eigenvalue weighted by Gasteiger charge is 2.28. The van der Waals surface area contributed by atoms with Crippen LogP contribution in [0.4, 0.5) is 4.79 Å². The highest BCUT2D eigenvalue weighted by molar-refractivity contribution is 5.86. The molecule has 2 atom stereocenters. The molecule has 21 heavy (non-hydrogen) atoms. The first-order chi connectivity index (χ1) is 10.1. The lowest BCUT2D eigenvalue weighted by Crippen LogP contribution is -2.53. The molecule has 1 aromatic carbocycles. The largest absolute Gasteiger partial charge is 0.445 e. The van der Waals surface area contributed by atoms with Gasteiger partial charge in [0.05, 0.1) is 0 Å². The third kappa shape index (κ3) is 4.44. The number of carbonyl (C=O) groups is 2. The Bertz CT molecular complexity index is 503.